The van der Waals surface area contributed by atoms with E-state index >= 15 is 0 Å². The number of benzene rings is 1. The molecule has 0 unspecified atom stereocenters. The van der Waals surface area contributed by atoms with E-state index in [1.807, 2.05) is 0 Å². The fourth-order valence-electron chi connectivity index (χ4n) is 6.06. The summed E-state index contributed by atoms with van der Waals surface area (Å²) in [6.07, 6.45) is 9.01. The Hall–Kier alpha value is -2.76. The first-order valence-corrected chi connectivity index (χ1v) is 14.9. The van der Waals surface area contributed by atoms with E-state index in [-0.39, 0.29) is 22.2 Å². The van der Waals surface area contributed by atoms with Crippen molar-refractivity contribution in [2.24, 2.45) is 26.6 Å². The number of nitrogens with one attached hydrogen (secondary N) is 1. The van der Waals surface area contributed by atoms with E-state index in [1.54, 1.807) is 0 Å². The molecule has 2 aromatic rings. The highest BCUT2D eigenvalue weighted by atomic mass is 16.1. The second-order valence-corrected chi connectivity index (χ2v) is 14.2. The van der Waals surface area contributed by atoms with Crippen LogP contribution in [-0.4, -0.2) is 29.5 Å². The van der Waals surface area contributed by atoms with Crippen molar-refractivity contribution in [1.29, 1.82) is 0 Å². The fraction of sp³-hybridized carbons (Fsp3) is 0.636. The highest BCUT2D eigenvalue weighted by Crippen LogP contribution is 2.49. The maximum atomic E-state index is 13.7. The van der Waals surface area contributed by atoms with Gasteiger partial charge in [-0.2, -0.15) is 5.11 Å². The highest BCUT2D eigenvalue weighted by Gasteiger charge is 2.40. The zero-order valence-corrected chi connectivity index (χ0v) is 25.2. The maximum Gasteiger partial charge on any atom is 0.253 e. The van der Waals surface area contributed by atoms with Crippen LogP contribution in [0.15, 0.2) is 39.5 Å². The summed E-state index contributed by atoms with van der Waals surface area (Å²) in [7, 11) is 0. The Morgan fingerprint density at radius 1 is 1.05 bits per heavy atom. The Morgan fingerprint density at radius 2 is 1.77 bits per heavy atom. The van der Waals surface area contributed by atoms with Gasteiger partial charge in [0.25, 0.3) is 5.91 Å². The largest absolute Gasteiger partial charge is 0.351 e. The summed E-state index contributed by atoms with van der Waals surface area (Å²) in [4.78, 5) is 18.0. The Balaban J connectivity index is 1.52. The second kappa shape index (κ2) is 10.3. The third-order valence-corrected chi connectivity index (χ3v) is 9.31. The van der Waals surface area contributed by atoms with Crippen LogP contribution in [0.2, 0.25) is 0 Å². The Kier molecular flexibility index (Phi) is 7.36. The molecule has 6 nitrogen and oxygen atoms in total. The van der Waals surface area contributed by atoms with Crippen LogP contribution < -0.4 is 5.32 Å². The number of carbonyl (C=O) groups is 1. The smallest absolute Gasteiger partial charge is 0.253 e. The molecule has 2 fully saturated rings. The van der Waals surface area contributed by atoms with Crippen molar-refractivity contribution >= 4 is 11.7 Å². The Bertz CT molecular complexity index is 1270. The first-order valence-electron chi connectivity index (χ1n) is 14.9. The van der Waals surface area contributed by atoms with Crippen LogP contribution >= 0.6 is 0 Å². The number of hydrogen-bond acceptors (Lipinski definition) is 4. The highest BCUT2D eigenvalue weighted by molar-refractivity contribution is 5.97. The van der Waals surface area contributed by atoms with Gasteiger partial charge in [0.2, 0.25) is 0 Å². The number of nitrogens with zero attached hydrogens (tertiary/aromatic N) is 4. The molecule has 1 amide bonds. The van der Waals surface area contributed by atoms with Crippen LogP contribution in [-0.2, 0) is 17.4 Å². The van der Waals surface area contributed by atoms with Crippen molar-refractivity contribution in [3.8, 4) is 11.3 Å². The van der Waals surface area contributed by atoms with Gasteiger partial charge in [-0.1, -0.05) is 66.9 Å². The molecule has 3 aliphatic rings. The van der Waals surface area contributed by atoms with Crippen LogP contribution in [0.25, 0.3) is 11.3 Å². The van der Waals surface area contributed by atoms with Crippen LogP contribution in [0.1, 0.15) is 114 Å². The molecule has 1 N–H and O–H groups in total. The monoisotopic (exact) mass is 529 g/mol. The molecule has 0 saturated heterocycles. The summed E-state index contributed by atoms with van der Waals surface area (Å²) in [6.45, 7) is 17.3. The number of azo groups is 1. The Morgan fingerprint density at radius 3 is 2.38 bits per heavy atom. The van der Waals surface area contributed by atoms with E-state index in [9.17, 15) is 4.79 Å². The minimum absolute atomic E-state index is 0.0268. The predicted octanol–water partition coefficient (Wildman–Crippen LogP) is 7.97. The first kappa shape index (κ1) is 27.8. The molecule has 2 aliphatic carbocycles. The van der Waals surface area contributed by atoms with Crippen molar-refractivity contribution in [1.82, 2.24) is 9.88 Å². The molecule has 1 aromatic carbocycles. The zero-order valence-electron chi connectivity index (χ0n) is 25.2. The van der Waals surface area contributed by atoms with Crippen molar-refractivity contribution in [3.05, 3.63) is 46.6 Å². The zero-order chi connectivity index (χ0) is 28.0. The number of carbonyl (C=O) groups excluding carboxylic acids is 1. The summed E-state index contributed by atoms with van der Waals surface area (Å²) in [6, 6.07) is 9.35. The quantitative estimate of drug-likeness (QED) is 0.370. The number of amidine groups is 1. The first-order chi connectivity index (χ1) is 18.4. The predicted molar refractivity (Wildman–Crippen MR) is 160 cm³/mol. The number of aromatic nitrogens is 1. The second-order valence-electron chi connectivity index (χ2n) is 14.2. The molecule has 2 saturated carbocycles. The van der Waals surface area contributed by atoms with Gasteiger partial charge in [-0.05, 0) is 84.2 Å². The van der Waals surface area contributed by atoms with Crippen LogP contribution in [0.3, 0.4) is 0 Å². The van der Waals surface area contributed by atoms with Crippen molar-refractivity contribution in [3.63, 3.8) is 0 Å². The van der Waals surface area contributed by atoms with Crippen molar-refractivity contribution < 1.29 is 4.79 Å². The molecular weight excluding hydrogens is 482 g/mol. The molecule has 5 rings (SSSR count). The van der Waals surface area contributed by atoms with E-state index < -0.39 is 0 Å². The minimum Gasteiger partial charge on any atom is -0.351 e. The third-order valence-electron chi connectivity index (χ3n) is 9.31. The topological polar surface area (TPSA) is 71.1 Å². The van der Waals surface area contributed by atoms with E-state index in [0.29, 0.717) is 25.0 Å². The summed E-state index contributed by atoms with van der Waals surface area (Å²) < 4.78 is 2.45. The van der Waals surface area contributed by atoms with E-state index in [4.69, 9.17) is 0 Å². The third kappa shape index (κ3) is 5.90. The van der Waals surface area contributed by atoms with E-state index in [2.05, 4.69) is 97.8 Å². The average Bonchev–Trinajstić information content (AvgIpc) is 3.27. The van der Waals surface area contributed by atoms with Crippen molar-refractivity contribution in [2.75, 3.05) is 13.2 Å². The lowest BCUT2D eigenvalue weighted by atomic mass is 9.82. The maximum absolute atomic E-state index is 13.7. The average molecular weight is 530 g/mol. The van der Waals surface area contributed by atoms with Crippen LogP contribution in [0.4, 0.5) is 0 Å². The van der Waals surface area contributed by atoms with Gasteiger partial charge in [0.1, 0.15) is 0 Å². The van der Waals surface area contributed by atoms with Gasteiger partial charge in [-0.25, -0.2) is 4.99 Å². The van der Waals surface area contributed by atoms with Gasteiger partial charge in [0, 0.05) is 29.9 Å². The standard InChI is InChI=1S/C33H47N5O/c1-22-27(29(39)34-20-32(5,6)30-35-21-36-37-30)18-28(38(22)19-23-11-9-8-10-12-23)24-15-25(31(2,3)4)17-26(16-24)33(7)13-14-33/h15-18,23H,8-14,19-21H2,1-7H3,(H,34,39). The molecule has 0 bridgehead atoms. The molecule has 210 valence electrons. The van der Waals surface area contributed by atoms with Gasteiger partial charge in [-0.15, -0.1) is 5.11 Å². The number of aliphatic imine (C=N–C) groups is 1. The number of hydrogen-bond donors (Lipinski definition) is 1. The van der Waals surface area contributed by atoms with Gasteiger partial charge in [0.15, 0.2) is 12.5 Å². The van der Waals surface area contributed by atoms with Gasteiger partial charge < -0.3 is 9.88 Å². The summed E-state index contributed by atoms with van der Waals surface area (Å²) in [5.41, 5.74) is 7.01. The van der Waals surface area contributed by atoms with E-state index in [1.165, 1.54) is 67.3 Å². The lowest BCUT2D eigenvalue weighted by molar-refractivity contribution is 0.0944. The molecule has 0 atom stereocenters. The molecule has 6 heteroatoms. The van der Waals surface area contributed by atoms with Gasteiger partial charge in [0.05, 0.1) is 5.56 Å². The lowest BCUT2D eigenvalue weighted by Crippen LogP contribution is -2.38. The summed E-state index contributed by atoms with van der Waals surface area (Å²) in [5.74, 6) is 1.34. The fourth-order valence-corrected chi connectivity index (χ4v) is 6.06. The summed E-state index contributed by atoms with van der Waals surface area (Å²) in [5, 5.41) is 11.4. The summed E-state index contributed by atoms with van der Waals surface area (Å²) >= 11 is 0. The Labute approximate surface area is 234 Å². The number of rotatable bonds is 8. The number of amides is 1. The molecule has 0 spiro atoms. The van der Waals surface area contributed by atoms with Crippen molar-refractivity contribution in [2.45, 2.75) is 111 Å². The molecule has 1 aromatic heterocycles. The SMILES string of the molecule is Cc1c(C(=O)NCC(C)(C)C2=NCN=N2)cc(-c2cc(C(C)(C)C)cc(C3(C)CC3)c2)n1CC1CCCCC1. The van der Waals surface area contributed by atoms with Crippen LogP contribution in [0, 0.1) is 18.3 Å². The lowest BCUT2D eigenvalue weighted by Gasteiger charge is -2.26. The van der Waals surface area contributed by atoms with Crippen LogP contribution in [0.5, 0.6) is 0 Å². The minimum atomic E-state index is -0.368. The molecule has 1 aliphatic heterocycles. The molecular formula is C33H47N5O. The van der Waals surface area contributed by atoms with E-state index in [0.717, 1.165) is 17.8 Å². The molecule has 39 heavy (non-hydrogen) atoms. The molecule has 0 radical (unpaired) electrons. The van der Waals surface area contributed by atoms with Gasteiger partial charge >= 0.3 is 0 Å². The van der Waals surface area contributed by atoms with Gasteiger partial charge in [-0.3, -0.25) is 4.79 Å². The normalized spacial score (nSPS) is 19.3. The molecule has 2 heterocycles.